The molecule has 0 aromatic heterocycles. The first kappa shape index (κ1) is 17.5. The lowest BCUT2D eigenvalue weighted by Gasteiger charge is -2.26. The molecule has 1 rings (SSSR count). The molecule has 0 atom stereocenters. The van der Waals surface area contributed by atoms with Crippen molar-refractivity contribution in [2.24, 2.45) is 5.73 Å². The highest BCUT2D eigenvalue weighted by atomic mass is 16.5. The van der Waals surface area contributed by atoms with Gasteiger partial charge in [0.1, 0.15) is 12.4 Å². The SMILES string of the molecule is CCC(N)(CC)CNC(=O)c1ccc(OCCOC)cc1. The molecule has 118 valence electrons. The van der Waals surface area contributed by atoms with Crippen molar-refractivity contribution in [3.8, 4) is 5.75 Å². The summed E-state index contributed by atoms with van der Waals surface area (Å²) in [5, 5.41) is 2.89. The molecule has 0 aliphatic rings. The van der Waals surface area contributed by atoms with Crippen molar-refractivity contribution in [3.05, 3.63) is 29.8 Å². The molecule has 0 bridgehead atoms. The minimum Gasteiger partial charge on any atom is -0.491 e. The summed E-state index contributed by atoms with van der Waals surface area (Å²) in [6.45, 7) is 5.56. The van der Waals surface area contributed by atoms with E-state index < -0.39 is 0 Å². The summed E-state index contributed by atoms with van der Waals surface area (Å²) in [6.07, 6.45) is 1.66. The topological polar surface area (TPSA) is 73.6 Å². The lowest BCUT2D eigenvalue weighted by Crippen LogP contribution is -2.49. The third-order valence-corrected chi connectivity index (χ3v) is 3.68. The molecular formula is C16H26N2O3. The Hall–Kier alpha value is -1.59. The summed E-state index contributed by atoms with van der Waals surface area (Å²) >= 11 is 0. The first-order valence-electron chi connectivity index (χ1n) is 7.33. The number of methoxy groups -OCH3 is 1. The fourth-order valence-electron chi connectivity index (χ4n) is 1.80. The molecule has 1 aromatic rings. The minimum absolute atomic E-state index is 0.116. The van der Waals surface area contributed by atoms with E-state index in [-0.39, 0.29) is 11.4 Å². The normalized spacial score (nSPS) is 11.2. The zero-order valence-electron chi connectivity index (χ0n) is 13.1. The van der Waals surface area contributed by atoms with Gasteiger partial charge in [-0.2, -0.15) is 0 Å². The predicted molar refractivity (Wildman–Crippen MR) is 83.6 cm³/mol. The number of carbonyl (C=O) groups is 1. The average Bonchev–Trinajstić information content (AvgIpc) is 2.53. The minimum atomic E-state index is -0.334. The molecule has 0 saturated carbocycles. The van der Waals surface area contributed by atoms with Crippen LogP contribution in [0, 0.1) is 0 Å². The number of amides is 1. The highest BCUT2D eigenvalue weighted by Gasteiger charge is 2.21. The molecule has 0 unspecified atom stereocenters. The Bertz CT molecular complexity index is 428. The van der Waals surface area contributed by atoms with Crippen molar-refractivity contribution in [1.82, 2.24) is 5.32 Å². The third kappa shape index (κ3) is 5.73. The molecule has 0 radical (unpaired) electrons. The molecule has 3 N–H and O–H groups in total. The van der Waals surface area contributed by atoms with E-state index in [1.807, 2.05) is 13.8 Å². The predicted octanol–water partition coefficient (Wildman–Crippen LogP) is 1.96. The van der Waals surface area contributed by atoms with Gasteiger partial charge in [0.2, 0.25) is 0 Å². The lowest BCUT2D eigenvalue weighted by atomic mass is 9.94. The number of nitrogens with one attached hydrogen (secondary N) is 1. The van der Waals surface area contributed by atoms with Gasteiger partial charge in [-0.05, 0) is 37.1 Å². The lowest BCUT2D eigenvalue weighted by molar-refractivity contribution is 0.0942. The second-order valence-electron chi connectivity index (χ2n) is 5.12. The van der Waals surface area contributed by atoms with Crippen molar-refractivity contribution in [2.75, 3.05) is 26.9 Å². The largest absolute Gasteiger partial charge is 0.491 e. The van der Waals surface area contributed by atoms with E-state index in [9.17, 15) is 4.79 Å². The molecule has 5 nitrogen and oxygen atoms in total. The van der Waals surface area contributed by atoms with E-state index in [2.05, 4.69) is 5.32 Å². The molecule has 21 heavy (non-hydrogen) atoms. The van der Waals surface area contributed by atoms with Gasteiger partial charge in [-0.1, -0.05) is 13.8 Å². The van der Waals surface area contributed by atoms with Crippen LogP contribution in [0.15, 0.2) is 24.3 Å². The van der Waals surface area contributed by atoms with Gasteiger partial charge in [0.05, 0.1) is 6.61 Å². The third-order valence-electron chi connectivity index (χ3n) is 3.68. The van der Waals surface area contributed by atoms with E-state index in [0.29, 0.717) is 25.3 Å². The van der Waals surface area contributed by atoms with Crippen LogP contribution < -0.4 is 15.8 Å². The Morgan fingerprint density at radius 1 is 1.19 bits per heavy atom. The number of ether oxygens (including phenoxy) is 2. The van der Waals surface area contributed by atoms with E-state index in [1.54, 1.807) is 31.4 Å². The summed E-state index contributed by atoms with van der Waals surface area (Å²) in [5.74, 6) is 0.606. The summed E-state index contributed by atoms with van der Waals surface area (Å²) < 4.78 is 10.4. The summed E-state index contributed by atoms with van der Waals surface area (Å²) in [4.78, 5) is 12.1. The maximum Gasteiger partial charge on any atom is 0.251 e. The van der Waals surface area contributed by atoms with E-state index in [0.717, 1.165) is 18.6 Å². The first-order chi connectivity index (χ1) is 10.0. The number of hydrogen-bond acceptors (Lipinski definition) is 4. The molecule has 0 spiro atoms. The van der Waals surface area contributed by atoms with Crippen LogP contribution in [-0.4, -0.2) is 38.3 Å². The van der Waals surface area contributed by atoms with Crippen LogP contribution in [0.4, 0.5) is 0 Å². The standard InChI is InChI=1S/C16H26N2O3/c1-4-16(17,5-2)12-18-15(19)13-6-8-14(9-7-13)21-11-10-20-3/h6-9H,4-5,10-12,17H2,1-3H3,(H,18,19). The Balaban J connectivity index is 2.51. The number of hydrogen-bond donors (Lipinski definition) is 2. The van der Waals surface area contributed by atoms with Gasteiger partial charge in [0.25, 0.3) is 5.91 Å². The van der Waals surface area contributed by atoms with E-state index >= 15 is 0 Å². The van der Waals surface area contributed by atoms with Crippen LogP contribution in [0.25, 0.3) is 0 Å². The van der Waals surface area contributed by atoms with Gasteiger partial charge in [-0.3, -0.25) is 4.79 Å². The van der Waals surface area contributed by atoms with Crippen LogP contribution in [0.5, 0.6) is 5.75 Å². The second kappa shape index (κ2) is 8.64. The van der Waals surface area contributed by atoms with Gasteiger partial charge >= 0.3 is 0 Å². The monoisotopic (exact) mass is 294 g/mol. The molecule has 0 saturated heterocycles. The summed E-state index contributed by atoms with van der Waals surface area (Å²) in [6, 6.07) is 7.04. The summed E-state index contributed by atoms with van der Waals surface area (Å²) in [5.41, 5.74) is 6.43. The Kier molecular flexibility index (Phi) is 7.19. The highest BCUT2D eigenvalue weighted by Crippen LogP contribution is 2.13. The Morgan fingerprint density at radius 3 is 2.33 bits per heavy atom. The maximum atomic E-state index is 12.1. The van der Waals surface area contributed by atoms with Crippen molar-refractivity contribution >= 4 is 5.91 Å². The van der Waals surface area contributed by atoms with Crippen molar-refractivity contribution in [3.63, 3.8) is 0 Å². The van der Waals surface area contributed by atoms with E-state index in [1.165, 1.54) is 0 Å². The number of carbonyl (C=O) groups excluding carboxylic acids is 1. The molecule has 0 heterocycles. The number of benzene rings is 1. The maximum absolute atomic E-state index is 12.1. The van der Waals surface area contributed by atoms with Crippen molar-refractivity contribution in [2.45, 2.75) is 32.2 Å². The van der Waals surface area contributed by atoms with E-state index in [4.69, 9.17) is 15.2 Å². The van der Waals surface area contributed by atoms with Crippen LogP contribution >= 0.6 is 0 Å². The van der Waals surface area contributed by atoms with Crippen LogP contribution in [0.2, 0.25) is 0 Å². The second-order valence-corrected chi connectivity index (χ2v) is 5.12. The Labute approximate surface area is 126 Å². The number of nitrogens with two attached hydrogens (primary N) is 1. The zero-order chi connectivity index (χ0) is 15.7. The van der Waals surface area contributed by atoms with Crippen LogP contribution in [0.3, 0.4) is 0 Å². The molecule has 1 aromatic carbocycles. The van der Waals surface area contributed by atoms with Crippen molar-refractivity contribution < 1.29 is 14.3 Å². The van der Waals surface area contributed by atoms with Gasteiger partial charge in [-0.15, -0.1) is 0 Å². The molecule has 0 aliphatic heterocycles. The molecule has 1 amide bonds. The quantitative estimate of drug-likeness (QED) is 0.683. The van der Waals surface area contributed by atoms with Gasteiger partial charge in [0.15, 0.2) is 0 Å². The van der Waals surface area contributed by atoms with Crippen molar-refractivity contribution in [1.29, 1.82) is 0 Å². The Morgan fingerprint density at radius 2 is 1.81 bits per heavy atom. The van der Waals surface area contributed by atoms with Crippen LogP contribution in [0.1, 0.15) is 37.0 Å². The highest BCUT2D eigenvalue weighted by molar-refractivity contribution is 5.94. The first-order valence-corrected chi connectivity index (χ1v) is 7.33. The van der Waals surface area contributed by atoms with Gasteiger partial charge in [-0.25, -0.2) is 0 Å². The number of rotatable bonds is 9. The van der Waals surface area contributed by atoms with Gasteiger partial charge < -0.3 is 20.5 Å². The van der Waals surface area contributed by atoms with Gasteiger partial charge in [0, 0.05) is 24.8 Å². The molecular weight excluding hydrogens is 268 g/mol. The smallest absolute Gasteiger partial charge is 0.251 e. The summed E-state index contributed by atoms with van der Waals surface area (Å²) in [7, 11) is 1.63. The molecule has 0 aliphatic carbocycles. The molecule has 5 heteroatoms. The van der Waals surface area contributed by atoms with Crippen LogP contribution in [-0.2, 0) is 4.74 Å². The average molecular weight is 294 g/mol. The zero-order valence-corrected chi connectivity index (χ0v) is 13.1. The fourth-order valence-corrected chi connectivity index (χ4v) is 1.80. The molecule has 0 fully saturated rings. The fraction of sp³-hybridized carbons (Fsp3) is 0.562.